The number of alkyl halides is 1. The molecular formula is C20H26ClN3O5. The average Bonchev–Trinajstić information content (AvgIpc) is 2.74. The molecule has 29 heavy (non-hydrogen) atoms. The number of nitro groups is 1. The maximum Gasteiger partial charge on any atom is 0.269 e. The number of halogens is 1. The summed E-state index contributed by atoms with van der Waals surface area (Å²) in [5.41, 5.74) is 2.76. The number of anilines is 2. The highest BCUT2D eigenvalue weighted by Crippen LogP contribution is 2.19. The van der Waals surface area contributed by atoms with Crippen LogP contribution in [0.2, 0.25) is 0 Å². The van der Waals surface area contributed by atoms with Gasteiger partial charge < -0.3 is 20.1 Å². The van der Waals surface area contributed by atoms with Gasteiger partial charge in [-0.1, -0.05) is 0 Å². The van der Waals surface area contributed by atoms with E-state index in [2.05, 4.69) is 5.32 Å². The Morgan fingerprint density at radius 3 is 2.28 bits per heavy atom. The minimum atomic E-state index is -0.415. The Balaban J connectivity index is 0.000000296. The van der Waals surface area contributed by atoms with Gasteiger partial charge in [0.25, 0.3) is 5.69 Å². The molecule has 0 radical (unpaired) electrons. The van der Waals surface area contributed by atoms with Crippen LogP contribution in [0, 0.1) is 10.1 Å². The van der Waals surface area contributed by atoms with Gasteiger partial charge in [-0.2, -0.15) is 0 Å². The zero-order valence-corrected chi connectivity index (χ0v) is 17.2. The van der Waals surface area contributed by atoms with E-state index in [1.165, 1.54) is 12.1 Å². The highest BCUT2D eigenvalue weighted by atomic mass is 35.5. The van der Waals surface area contributed by atoms with E-state index >= 15 is 0 Å². The Hall–Kier alpha value is -2.68. The maximum atomic E-state index is 10.3. The van der Waals surface area contributed by atoms with Gasteiger partial charge >= 0.3 is 0 Å². The molecule has 2 rings (SSSR count). The monoisotopic (exact) mass is 423 g/mol. The third-order valence-electron chi connectivity index (χ3n) is 4.11. The van der Waals surface area contributed by atoms with Gasteiger partial charge in [0.15, 0.2) is 0 Å². The Morgan fingerprint density at radius 1 is 1.21 bits per heavy atom. The summed E-state index contributed by atoms with van der Waals surface area (Å²) in [5, 5.41) is 21.8. The van der Waals surface area contributed by atoms with Crippen molar-refractivity contribution in [3.8, 4) is 0 Å². The number of non-ortho nitro benzene ring substituents is 1. The molecular weight excluding hydrogens is 398 g/mol. The summed E-state index contributed by atoms with van der Waals surface area (Å²) >= 11 is 5.68. The molecule has 0 aromatic heterocycles. The molecule has 0 aliphatic carbocycles. The van der Waals surface area contributed by atoms with Crippen molar-refractivity contribution < 1.29 is 19.6 Å². The summed E-state index contributed by atoms with van der Waals surface area (Å²) < 4.78 is 5.07. The first-order valence-corrected chi connectivity index (χ1v) is 9.49. The van der Waals surface area contributed by atoms with Gasteiger partial charge in [-0.25, -0.2) is 0 Å². The standard InChI is InChI=1S/C11H15ClN2O2.C9H11NO3/c12-5-6-14(7-8-15)11-3-1-10(2-4-11)13-9-16;1-7(13-2)8-3-5-9(6-4-8)10(11)12/h1-4,9,15H,5-8H2,(H,13,16);3-7H,1-2H3. The summed E-state index contributed by atoms with van der Waals surface area (Å²) in [5.74, 6) is 0.508. The molecule has 0 spiro atoms. The number of carbonyl (C=O) groups excluding carboxylic acids is 1. The zero-order chi connectivity index (χ0) is 21.6. The van der Waals surface area contributed by atoms with E-state index in [0.717, 1.165) is 16.9 Å². The summed E-state index contributed by atoms with van der Waals surface area (Å²) in [4.78, 5) is 22.1. The smallest absolute Gasteiger partial charge is 0.269 e. The van der Waals surface area contributed by atoms with Crippen molar-refractivity contribution >= 4 is 35.1 Å². The second-order valence-corrected chi connectivity index (χ2v) is 6.31. The van der Waals surface area contributed by atoms with Crippen LogP contribution in [0.3, 0.4) is 0 Å². The van der Waals surface area contributed by atoms with E-state index < -0.39 is 4.92 Å². The lowest BCUT2D eigenvalue weighted by atomic mass is 10.1. The number of hydrogen-bond acceptors (Lipinski definition) is 6. The molecule has 0 heterocycles. The van der Waals surface area contributed by atoms with Crippen LogP contribution in [-0.4, -0.2) is 49.1 Å². The van der Waals surface area contributed by atoms with E-state index in [9.17, 15) is 14.9 Å². The number of nitro benzene ring substituents is 1. The van der Waals surface area contributed by atoms with Crippen LogP contribution in [-0.2, 0) is 9.53 Å². The number of ether oxygens (including phenoxy) is 1. The number of benzene rings is 2. The third kappa shape index (κ3) is 8.47. The number of hydrogen-bond donors (Lipinski definition) is 2. The van der Waals surface area contributed by atoms with Crippen molar-refractivity contribution in [2.75, 3.05) is 42.9 Å². The minimum Gasteiger partial charge on any atom is -0.395 e. The Morgan fingerprint density at radius 2 is 1.83 bits per heavy atom. The second kappa shape index (κ2) is 13.5. The van der Waals surface area contributed by atoms with Crippen LogP contribution < -0.4 is 10.2 Å². The molecule has 0 aliphatic heterocycles. The quantitative estimate of drug-likeness (QED) is 0.262. The van der Waals surface area contributed by atoms with Gasteiger partial charge in [0.1, 0.15) is 0 Å². The lowest BCUT2D eigenvalue weighted by Crippen LogP contribution is -2.28. The molecule has 0 bridgehead atoms. The lowest BCUT2D eigenvalue weighted by molar-refractivity contribution is -0.384. The van der Waals surface area contributed by atoms with Crippen molar-refractivity contribution in [1.29, 1.82) is 0 Å². The first-order valence-electron chi connectivity index (χ1n) is 8.96. The Bertz CT molecular complexity index is 735. The molecule has 8 nitrogen and oxygen atoms in total. The first kappa shape index (κ1) is 24.4. The Labute approximate surface area is 175 Å². The number of nitrogens with one attached hydrogen (secondary N) is 1. The second-order valence-electron chi connectivity index (χ2n) is 5.94. The molecule has 1 atom stereocenters. The molecule has 1 unspecified atom stereocenters. The molecule has 9 heteroatoms. The van der Waals surface area contributed by atoms with E-state index in [0.29, 0.717) is 25.4 Å². The number of amides is 1. The Kier molecular flexibility index (Phi) is 11.3. The van der Waals surface area contributed by atoms with Crippen molar-refractivity contribution in [3.05, 3.63) is 64.2 Å². The van der Waals surface area contributed by atoms with E-state index in [1.807, 2.05) is 36.1 Å². The average molecular weight is 424 g/mol. The normalized spacial score (nSPS) is 11.0. The number of carbonyl (C=O) groups is 1. The van der Waals surface area contributed by atoms with Gasteiger partial charge in [-0.15, -0.1) is 11.6 Å². The number of nitrogens with zero attached hydrogens (tertiary/aromatic N) is 2. The highest BCUT2D eigenvalue weighted by Gasteiger charge is 2.07. The number of rotatable bonds is 10. The number of methoxy groups -OCH3 is 1. The fraction of sp³-hybridized carbons (Fsp3) is 0.350. The van der Waals surface area contributed by atoms with Gasteiger partial charge in [0.05, 0.1) is 17.6 Å². The van der Waals surface area contributed by atoms with Crippen molar-refractivity contribution in [2.45, 2.75) is 13.0 Å². The summed E-state index contributed by atoms with van der Waals surface area (Å²) in [6.07, 6.45) is 0.611. The maximum absolute atomic E-state index is 10.3. The largest absolute Gasteiger partial charge is 0.395 e. The zero-order valence-electron chi connectivity index (χ0n) is 16.5. The SMILES string of the molecule is COC(C)c1ccc([N+](=O)[O-])cc1.O=CNc1ccc(N(CCO)CCCl)cc1. The summed E-state index contributed by atoms with van der Waals surface area (Å²) in [6, 6.07) is 13.7. The van der Waals surface area contributed by atoms with Gasteiger partial charge in [-0.05, 0) is 48.9 Å². The molecule has 0 fully saturated rings. The van der Waals surface area contributed by atoms with E-state index in [-0.39, 0.29) is 18.4 Å². The molecule has 0 saturated carbocycles. The topological polar surface area (TPSA) is 105 Å². The van der Waals surface area contributed by atoms with Crippen molar-refractivity contribution in [2.24, 2.45) is 0 Å². The molecule has 2 aromatic carbocycles. The van der Waals surface area contributed by atoms with Crippen molar-refractivity contribution in [3.63, 3.8) is 0 Å². The molecule has 1 amide bonds. The fourth-order valence-electron chi connectivity index (χ4n) is 2.43. The van der Waals surface area contributed by atoms with E-state index in [4.69, 9.17) is 21.4 Å². The highest BCUT2D eigenvalue weighted by molar-refractivity contribution is 6.18. The summed E-state index contributed by atoms with van der Waals surface area (Å²) in [6.45, 7) is 3.21. The lowest BCUT2D eigenvalue weighted by Gasteiger charge is -2.22. The van der Waals surface area contributed by atoms with Crippen LogP contribution in [0.25, 0.3) is 0 Å². The van der Waals surface area contributed by atoms with Crippen LogP contribution >= 0.6 is 11.6 Å². The van der Waals surface area contributed by atoms with Gasteiger partial charge in [0.2, 0.25) is 6.41 Å². The van der Waals surface area contributed by atoms with E-state index in [1.54, 1.807) is 19.2 Å². The molecule has 0 saturated heterocycles. The summed E-state index contributed by atoms with van der Waals surface area (Å²) in [7, 11) is 1.60. The predicted molar refractivity (Wildman–Crippen MR) is 115 cm³/mol. The van der Waals surface area contributed by atoms with Crippen LogP contribution in [0.4, 0.5) is 17.1 Å². The predicted octanol–water partition coefficient (Wildman–Crippen LogP) is 3.59. The van der Waals surface area contributed by atoms with Crippen LogP contribution in [0.1, 0.15) is 18.6 Å². The number of aliphatic hydroxyl groups excluding tert-OH is 1. The first-order chi connectivity index (χ1) is 14.0. The fourth-order valence-corrected chi connectivity index (χ4v) is 2.64. The van der Waals surface area contributed by atoms with Crippen LogP contribution in [0.15, 0.2) is 48.5 Å². The number of aliphatic hydroxyl groups is 1. The third-order valence-corrected chi connectivity index (χ3v) is 4.28. The molecule has 2 aromatic rings. The molecule has 0 aliphatic rings. The minimum absolute atomic E-state index is 0.0270. The molecule has 158 valence electrons. The van der Waals surface area contributed by atoms with Gasteiger partial charge in [0, 0.05) is 49.6 Å². The van der Waals surface area contributed by atoms with Gasteiger partial charge in [-0.3, -0.25) is 14.9 Å². The molecule has 2 N–H and O–H groups in total. The van der Waals surface area contributed by atoms with Crippen molar-refractivity contribution in [1.82, 2.24) is 0 Å². The van der Waals surface area contributed by atoms with Crippen LogP contribution in [0.5, 0.6) is 0 Å².